The molecule has 3 aromatic carbocycles. The number of aliphatic hydroxyl groups is 3. The number of ketones is 2. The summed E-state index contributed by atoms with van der Waals surface area (Å²) in [6.45, 7) is 1.75. The van der Waals surface area contributed by atoms with E-state index in [1.54, 1.807) is 12.1 Å². The van der Waals surface area contributed by atoms with E-state index in [9.17, 15) is 30.0 Å². The molecule has 15 nitrogen and oxygen atoms in total. The lowest BCUT2D eigenvalue weighted by atomic mass is 9.50. The maximum Gasteiger partial charge on any atom is 0.202 e. The first-order chi connectivity index (χ1) is 46.3. The molecule has 6 saturated carbocycles. The summed E-state index contributed by atoms with van der Waals surface area (Å²) in [4.78, 5) is 34.4. The average Bonchev–Trinajstić information content (AvgIpc) is 1.51. The summed E-state index contributed by atoms with van der Waals surface area (Å²) < 4.78 is 5.54. The van der Waals surface area contributed by atoms with Crippen LogP contribution in [0.25, 0.3) is 5.57 Å². The first-order valence-electron chi connectivity index (χ1n) is 36.3. The zero-order valence-corrected chi connectivity index (χ0v) is 55.3. The van der Waals surface area contributed by atoms with Gasteiger partial charge in [0.2, 0.25) is 5.96 Å². The number of aliphatic imine (C=N–C) groups is 1. The van der Waals surface area contributed by atoms with Crippen LogP contribution in [0.15, 0.2) is 137 Å². The minimum atomic E-state index is -0.710. The molecule has 8 bridgehead atoms. The number of piperidine rings is 1. The molecule has 0 amide bonds. The summed E-state index contributed by atoms with van der Waals surface area (Å²) in [7, 11) is 0. The number of Topliss-reactive ketones (excluding diaryl/α,β-unsaturated/α-hetero) is 1. The number of phenolic OH excluding ortho intramolecular Hbond substituents is 1. The van der Waals surface area contributed by atoms with E-state index in [0.717, 1.165) is 133 Å². The predicted molar refractivity (Wildman–Crippen MR) is 371 cm³/mol. The number of aryl methyl sites for hydroxylation is 2. The SMILES string of the molecule is NC1=NC#CCC(Cc2cccc(CCc3ccccc3)c2)C2=CC(N)NC=C2Cc2cc(O)c(OCO)cc2C(CO)=CC(=O)CC(=O)CC2CCC3C(CC4C5CCNCC5CC5C=CCNC54)(C2)CC2NC4C(=C5CC(CC6CCC23C56)N1)C=CC1(CCCC1)C4O. The molecule has 0 aromatic heterocycles. The second-order valence-corrected chi connectivity index (χ2v) is 31.2. The fourth-order valence-electron chi connectivity index (χ4n) is 22.5. The number of aromatic hydroxyl groups is 1. The van der Waals surface area contributed by atoms with Gasteiger partial charge in [0.1, 0.15) is 5.78 Å². The van der Waals surface area contributed by atoms with E-state index in [-0.39, 0.29) is 81.9 Å². The molecule has 17 atom stereocenters. The number of carbonyl (C=O) groups is 2. The number of allylic oxidation sites excluding steroid dienone is 3. The Morgan fingerprint density at radius 2 is 1.73 bits per heavy atom. The van der Waals surface area contributed by atoms with Gasteiger partial charge in [-0.1, -0.05) is 103 Å². The number of nitrogens with one attached hydrogen (secondary N) is 5. The first kappa shape index (κ1) is 64.4. The van der Waals surface area contributed by atoms with Gasteiger partial charge in [-0.3, -0.25) is 9.59 Å². The van der Waals surface area contributed by atoms with Crippen LogP contribution in [-0.4, -0.2) is 107 Å². The number of ether oxygens (including phenoxy) is 1. The molecular weight excluding hydrogens is 1180 g/mol. The molecule has 2 spiro atoms. The van der Waals surface area contributed by atoms with Crippen LogP contribution >= 0.6 is 0 Å². The third-order valence-corrected chi connectivity index (χ3v) is 26.1. The Hall–Kier alpha value is -6.61. The number of aliphatic hydroxyl groups excluding tert-OH is 3. The number of nitrogens with zero attached hydrogens (tertiary/aromatic N) is 1. The van der Waals surface area contributed by atoms with Crippen LogP contribution < -0.4 is 42.8 Å². The number of hydrogen-bond donors (Lipinski definition) is 11. The quantitative estimate of drug-likeness (QED) is 0.0393. The van der Waals surface area contributed by atoms with Gasteiger partial charge in [-0.05, 0) is 261 Å². The number of dihydropyridines is 1. The van der Waals surface area contributed by atoms with Crippen LogP contribution in [-0.2, 0) is 35.3 Å². The van der Waals surface area contributed by atoms with Crippen molar-refractivity contribution in [3.05, 3.63) is 159 Å². The highest BCUT2D eigenvalue weighted by Gasteiger charge is 2.71. The lowest BCUT2D eigenvalue weighted by Gasteiger charge is -2.56. The van der Waals surface area contributed by atoms with Crippen molar-refractivity contribution in [3.8, 4) is 23.5 Å². The summed E-state index contributed by atoms with van der Waals surface area (Å²) in [5.41, 5.74) is 23.0. The Bertz CT molecular complexity index is 3700. The summed E-state index contributed by atoms with van der Waals surface area (Å²) in [6.07, 6.45) is 32.8. The third kappa shape index (κ3) is 12.4. The maximum absolute atomic E-state index is 14.9. The van der Waals surface area contributed by atoms with Crippen LogP contribution in [0.4, 0.5) is 0 Å². The molecule has 17 unspecified atom stereocenters. The van der Waals surface area contributed by atoms with Crippen LogP contribution in [0, 0.1) is 81.5 Å². The Kier molecular flexibility index (Phi) is 18.3. The Morgan fingerprint density at radius 3 is 2.58 bits per heavy atom. The highest BCUT2D eigenvalue weighted by molar-refractivity contribution is 6.08. The normalized spacial score (nSPS) is 36.4. The van der Waals surface area contributed by atoms with Gasteiger partial charge < -0.3 is 63.2 Å². The van der Waals surface area contributed by atoms with E-state index < -0.39 is 31.5 Å². The molecule has 13 N–H and O–H groups in total. The van der Waals surface area contributed by atoms with Crippen molar-refractivity contribution in [2.45, 2.75) is 178 Å². The number of fused-ring (bicyclic) bond motifs is 3. The zero-order valence-electron chi connectivity index (χ0n) is 55.3. The number of nitrogens with two attached hydrogens (primary N) is 2. The second kappa shape index (κ2) is 27.0. The van der Waals surface area contributed by atoms with Crippen molar-refractivity contribution < 1.29 is 34.8 Å². The Labute approximate surface area is 561 Å². The number of phenols is 1. The van der Waals surface area contributed by atoms with Crippen LogP contribution in [0.3, 0.4) is 0 Å². The number of guanidine groups is 1. The molecule has 1 saturated heterocycles. The van der Waals surface area contributed by atoms with Gasteiger partial charge in [-0.2, -0.15) is 4.99 Å². The van der Waals surface area contributed by atoms with E-state index >= 15 is 0 Å². The van der Waals surface area contributed by atoms with Crippen molar-refractivity contribution in [1.29, 1.82) is 0 Å². The summed E-state index contributed by atoms with van der Waals surface area (Å²) in [5.74, 6) is 6.28. The topological polar surface area (TPSA) is 249 Å². The number of benzene rings is 3. The lowest BCUT2D eigenvalue weighted by Crippen LogP contribution is -2.57. The van der Waals surface area contributed by atoms with Gasteiger partial charge >= 0.3 is 0 Å². The van der Waals surface area contributed by atoms with Crippen LogP contribution in [0.5, 0.6) is 11.5 Å². The largest absolute Gasteiger partial charge is 0.504 e. The molecule has 3 aromatic rings. The van der Waals surface area contributed by atoms with Gasteiger partial charge in [0, 0.05) is 55.2 Å². The summed E-state index contributed by atoms with van der Waals surface area (Å²) >= 11 is 0. The van der Waals surface area contributed by atoms with E-state index in [1.165, 1.54) is 41.2 Å². The number of rotatable bonds is 10. The second-order valence-electron chi connectivity index (χ2n) is 31.2. The lowest BCUT2D eigenvalue weighted by molar-refractivity contribution is -0.126. The Balaban J connectivity index is 0.822. The monoisotopic (exact) mass is 1280 g/mol. The van der Waals surface area contributed by atoms with Crippen molar-refractivity contribution in [3.63, 3.8) is 0 Å². The molecule has 15 heteroatoms. The minimum Gasteiger partial charge on any atom is -0.504 e. The van der Waals surface area contributed by atoms with Crippen molar-refractivity contribution in [2.75, 3.05) is 33.0 Å². The number of carbonyl (C=O) groups excluding carboxylic acids is 2. The van der Waals surface area contributed by atoms with E-state index in [4.69, 9.17) is 21.2 Å². The van der Waals surface area contributed by atoms with Gasteiger partial charge in [-0.25, -0.2) is 0 Å². The van der Waals surface area contributed by atoms with Gasteiger partial charge in [0.05, 0.1) is 31.3 Å². The molecule has 502 valence electrons. The van der Waals surface area contributed by atoms with Crippen molar-refractivity contribution in [2.24, 2.45) is 86.0 Å². The molecule has 0 radical (unpaired) electrons. The van der Waals surface area contributed by atoms with Crippen LogP contribution in [0.2, 0.25) is 0 Å². The van der Waals surface area contributed by atoms with Gasteiger partial charge in [0.15, 0.2) is 24.1 Å². The molecule has 7 heterocycles. The molecule has 95 heavy (non-hydrogen) atoms. The first-order valence-corrected chi connectivity index (χ1v) is 36.3. The molecular formula is C80H100N8O7. The number of hydrogen-bond acceptors (Lipinski definition) is 15. The summed E-state index contributed by atoms with van der Waals surface area (Å²) in [6, 6.07) is 26.0. The smallest absolute Gasteiger partial charge is 0.202 e. The maximum atomic E-state index is 14.9. The predicted octanol–water partition coefficient (Wildman–Crippen LogP) is 9.06. The van der Waals surface area contributed by atoms with Gasteiger partial charge in [0.25, 0.3) is 0 Å². The van der Waals surface area contributed by atoms with Gasteiger partial charge in [-0.15, -0.1) is 0 Å². The van der Waals surface area contributed by atoms with Crippen LogP contribution in [0.1, 0.15) is 143 Å². The minimum absolute atomic E-state index is 0.0113. The fourth-order valence-corrected chi connectivity index (χ4v) is 22.5. The summed E-state index contributed by atoms with van der Waals surface area (Å²) in [5, 5.41) is 65.5. The van der Waals surface area contributed by atoms with E-state index in [2.05, 4.69) is 111 Å². The van der Waals surface area contributed by atoms with E-state index in [0.29, 0.717) is 83.8 Å². The van der Waals surface area contributed by atoms with E-state index in [1.807, 2.05) is 18.3 Å². The standard InChI is InChI=1S/C80H100N8O7/c81-72-40-65-52(30-50-12-6-11-49(29-50)16-15-48-9-2-1-3-10-48)13-7-27-85-77(82)87-59-34-53-19-25-80-70-18-17-51(31-60(91)38-61(92)35-58(46-89)64-39-69(95-47-90)68(93)36-55(64)33-57(65)45-86-72)41-79(70,42-67-62-21-28-83-44-56(62)32-54-14-8-26-84-74(54)67)43-71(80)88-75-63(66(37-59)73(53)80)20-24-78(76(75)94)22-4-5-23-78/h1-3,6,8-12,14,20,24,29,35-36,39-40,45,51-54,56,59,62,67,70-76,83-84,86,88-90,93-94H,4-5,13,15-19,21-23,25-26,28,30-34,37-38,41-44,46-47,81H2,(H3,82,85,87). The molecule has 17 rings (SSSR count). The van der Waals surface area contributed by atoms with Crippen molar-refractivity contribution >= 4 is 23.1 Å². The molecule has 7 aliphatic heterocycles. The highest BCUT2D eigenvalue weighted by Crippen LogP contribution is 2.75. The zero-order chi connectivity index (χ0) is 65.0. The highest BCUT2D eigenvalue weighted by atomic mass is 16.6. The van der Waals surface area contributed by atoms with Crippen molar-refractivity contribution in [1.82, 2.24) is 26.6 Å². The fraction of sp³-hybridized carbons (Fsp3) is 0.562. The third-order valence-electron chi connectivity index (χ3n) is 26.1. The Morgan fingerprint density at radius 1 is 0.884 bits per heavy atom. The molecule has 7 fully saturated rings. The molecule has 7 aliphatic carbocycles. The molecule has 14 aliphatic rings. The average molecular weight is 1290 g/mol.